The zero-order valence-corrected chi connectivity index (χ0v) is 9.69. The normalized spacial score (nSPS) is 10.5. The fourth-order valence-corrected chi connectivity index (χ4v) is 1.35. The molecule has 2 rings (SSSR count). The third-order valence-electron chi connectivity index (χ3n) is 2.25. The number of rotatable bonds is 4. The van der Waals surface area contributed by atoms with Crippen LogP contribution in [0.3, 0.4) is 0 Å². The molecule has 7 nitrogen and oxygen atoms in total. The third kappa shape index (κ3) is 3.25. The van der Waals surface area contributed by atoms with E-state index in [2.05, 4.69) is 15.5 Å². The number of hydrogen-bond acceptors (Lipinski definition) is 6. The Bertz CT molecular complexity index is 614. The first-order valence-corrected chi connectivity index (χ1v) is 5.32. The highest BCUT2D eigenvalue weighted by molar-refractivity contribution is 5.84. The van der Waals surface area contributed by atoms with Crippen molar-refractivity contribution in [1.82, 2.24) is 4.98 Å². The summed E-state index contributed by atoms with van der Waals surface area (Å²) in [5.41, 5.74) is 2.60. The van der Waals surface area contributed by atoms with E-state index in [9.17, 15) is 15.2 Å². The first-order chi connectivity index (χ1) is 9.16. The number of aromatic nitrogens is 1. The minimum atomic E-state index is -0.567. The van der Waals surface area contributed by atoms with Gasteiger partial charge in [0.25, 0.3) is 5.69 Å². The topological polar surface area (TPSA) is 103 Å². The van der Waals surface area contributed by atoms with Gasteiger partial charge >= 0.3 is 0 Å². The van der Waals surface area contributed by atoms with Gasteiger partial charge in [0.05, 0.1) is 11.1 Å². The Morgan fingerprint density at radius 1 is 1.32 bits per heavy atom. The van der Waals surface area contributed by atoms with E-state index >= 15 is 0 Å². The second-order valence-corrected chi connectivity index (χ2v) is 3.56. The lowest BCUT2D eigenvalue weighted by molar-refractivity contribution is -0.385. The van der Waals surface area contributed by atoms with E-state index in [1.54, 1.807) is 24.4 Å². The minimum Gasteiger partial charge on any atom is -0.872 e. The van der Waals surface area contributed by atoms with Crippen LogP contribution in [0.25, 0.3) is 0 Å². The molecule has 0 spiro atoms. The van der Waals surface area contributed by atoms with Crippen molar-refractivity contribution in [3.63, 3.8) is 0 Å². The van der Waals surface area contributed by atoms with Gasteiger partial charge in [-0.05, 0) is 17.7 Å². The van der Waals surface area contributed by atoms with E-state index in [4.69, 9.17) is 0 Å². The average Bonchev–Trinajstić information content (AvgIpc) is 2.42. The molecule has 0 aliphatic heterocycles. The molecule has 1 N–H and O–H groups in total. The Labute approximate surface area is 108 Å². The highest BCUT2D eigenvalue weighted by Gasteiger charge is 2.05. The maximum absolute atomic E-state index is 11.5. The number of non-ortho nitro benzene ring substituents is 1. The lowest BCUT2D eigenvalue weighted by Gasteiger charge is -2.08. The van der Waals surface area contributed by atoms with Crippen molar-refractivity contribution in [3.8, 4) is 5.75 Å². The van der Waals surface area contributed by atoms with E-state index in [1.807, 2.05) is 0 Å². The summed E-state index contributed by atoms with van der Waals surface area (Å²) < 4.78 is 0. The van der Waals surface area contributed by atoms with Crippen molar-refractivity contribution < 1.29 is 10.0 Å². The molecule has 0 unspecified atom stereocenters. The molecule has 1 aromatic carbocycles. The largest absolute Gasteiger partial charge is 0.872 e. The summed E-state index contributed by atoms with van der Waals surface area (Å²) in [7, 11) is 0. The summed E-state index contributed by atoms with van der Waals surface area (Å²) >= 11 is 0. The summed E-state index contributed by atoms with van der Waals surface area (Å²) in [4.78, 5) is 14.0. The lowest BCUT2D eigenvalue weighted by atomic mass is 10.2. The van der Waals surface area contributed by atoms with Gasteiger partial charge in [-0.2, -0.15) is 5.10 Å². The van der Waals surface area contributed by atoms with Gasteiger partial charge in [-0.1, -0.05) is 17.9 Å². The number of pyridine rings is 1. The molecule has 2 aromatic rings. The van der Waals surface area contributed by atoms with Gasteiger partial charge in [-0.15, -0.1) is 0 Å². The number of anilines is 1. The number of nitro benzene ring substituents is 1. The van der Waals surface area contributed by atoms with Gasteiger partial charge in [0.1, 0.15) is 5.82 Å². The van der Waals surface area contributed by atoms with Crippen LogP contribution >= 0.6 is 0 Å². The third-order valence-corrected chi connectivity index (χ3v) is 2.25. The van der Waals surface area contributed by atoms with E-state index < -0.39 is 4.92 Å². The molecule has 0 saturated carbocycles. The molecule has 0 radical (unpaired) electrons. The van der Waals surface area contributed by atoms with Gasteiger partial charge in [0.2, 0.25) is 0 Å². The van der Waals surface area contributed by atoms with Crippen LogP contribution in [0.5, 0.6) is 5.75 Å². The minimum absolute atomic E-state index is 0.137. The zero-order chi connectivity index (χ0) is 13.7. The van der Waals surface area contributed by atoms with E-state index in [1.165, 1.54) is 12.3 Å². The van der Waals surface area contributed by atoms with Crippen LogP contribution in [0, 0.1) is 10.1 Å². The van der Waals surface area contributed by atoms with Crippen molar-refractivity contribution in [1.29, 1.82) is 0 Å². The Morgan fingerprint density at radius 2 is 2.16 bits per heavy atom. The fourth-order valence-electron chi connectivity index (χ4n) is 1.35. The van der Waals surface area contributed by atoms with Crippen molar-refractivity contribution in [2.24, 2.45) is 5.10 Å². The van der Waals surface area contributed by atoms with Crippen LogP contribution < -0.4 is 10.5 Å². The molecule has 0 aliphatic rings. The molecule has 0 saturated heterocycles. The van der Waals surface area contributed by atoms with Crippen molar-refractivity contribution in [3.05, 3.63) is 58.3 Å². The Balaban J connectivity index is 2.14. The zero-order valence-electron chi connectivity index (χ0n) is 9.69. The Morgan fingerprint density at radius 3 is 2.84 bits per heavy atom. The van der Waals surface area contributed by atoms with Gasteiger partial charge < -0.3 is 5.11 Å². The van der Waals surface area contributed by atoms with Crippen LogP contribution in [0.15, 0.2) is 47.7 Å². The van der Waals surface area contributed by atoms with Crippen LogP contribution in [0.1, 0.15) is 5.56 Å². The summed E-state index contributed by atoms with van der Waals surface area (Å²) in [6.07, 6.45) is 2.81. The van der Waals surface area contributed by atoms with Gasteiger partial charge in [0, 0.05) is 18.3 Å². The fraction of sp³-hybridized carbons (Fsp3) is 0. The second-order valence-electron chi connectivity index (χ2n) is 3.56. The Hall–Kier alpha value is -2.96. The number of nitrogens with zero attached hydrogens (tertiary/aromatic N) is 3. The van der Waals surface area contributed by atoms with Crippen molar-refractivity contribution >= 4 is 17.7 Å². The molecule has 0 aliphatic carbocycles. The predicted molar refractivity (Wildman–Crippen MR) is 68.0 cm³/mol. The number of hydrogen-bond donors (Lipinski definition) is 1. The summed E-state index contributed by atoms with van der Waals surface area (Å²) in [5, 5.41) is 25.9. The smallest absolute Gasteiger partial charge is 0.270 e. The molecular weight excluding hydrogens is 248 g/mol. The summed E-state index contributed by atoms with van der Waals surface area (Å²) in [6, 6.07) is 8.70. The van der Waals surface area contributed by atoms with Crippen LogP contribution in [0.4, 0.5) is 11.5 Å². The maximum Gasteiger partial charge on any atom is 0.270 e. The molecule has 1 heterocycles. The number of nitrogens with one attached hydrogen (secondary N) is 1. The molecule has 1 aromatic heterocycles. The quantitative estimate of drug-likeness (QED) is 0.508. The van der Waals surface area contributed by atoms with Crippen molar-refractivity contribution in [2.75, 3.05) is 5.43 Å². The molecular formula is C12H9N4O3-. The molecule has 0 bridgehead atoms. The molecule has 0 amide bonds. The van der Waals surface area contributed by atoms with Crippen LogP contribution in [0.2, 0.25) is 0 Å². The SMILES string of the molecule is O=[N+]([O-])c1ccc([O-])c(/C=N\Nc2ccccn2)c1. The molecule has 19 heavy (non-hydrogen) atoms. The van der Waals surface area contributed by atoms with E-state index in [0.29, 0.717) is 5.82 Å². The number of benzene rings is 1. The highest BCUT2D eigenvalue weighted by atomic mass is 16.6. The number of nitro groups is 1. The predicted octanol–water partition coefficient (Wildman–Crippen LogP) is 1.51. The Kier molecular flexibility index (Phi) is 3.67. The van der Waals surface area contributed by atoms with Gasteiger partial charge in [-0.25, -0.2) is 4.98 Å². The maximum atomic E-state index is 11.5. The summed E-state index contributed by atoms with van der Waals surface area (Å²) in [6.45, 7) is 0. The van der Waals surface area contributed by atoms with E-state index in [-0.39, 0.29) is 17.0 Å². The highest BCUT2D eigenvalue weighted by Crippen LogP contribution is 2.19. The molecule has 7 heteroatoms. The molecule has 96 valence electrons. The number of hydrazone groups is 1. The van der Waals surface area contributed by atoms with Crippen LogP contribution in [-0.2, 0) is 0 Å². The summed E-state index contributed by atoms with van der Waals surface area (Å²) in [5.74, 6) is 0.175. The standard InChI is InChI=1S/C12H10N4O3/c17-11-5-4-10(16(18)19)7-9(11)8-14-15-12-3-1-2-6-13-12/h1-8,17H,(H,13,15)/p-1/b14-8-. The second kappa shape index (κ2) is 5.58. The first kappa shape index (κ1) is 12.5. The van der Waals surface area contributed by atoms with Crippen molar-refractivity contribution in [2.45, 2.75) is 0 Å². The van der Waals surface area contributed by atoms with Gasteiger partial charge in [0.15, 0.2) is 0 Å². The molecule has 0 atom stereocenters. The first-order valence-electron chi connectivity index (χ1n) is 5.32. The van der Waals surface area contributed by atoms with Gasteiger partial charge in [-0.3, -0.25) is 15.5 Å². The molecule has 0 fully saturated rings. The average molecular weight is 257 g/mol. The van der Waals surface area contributed by atoms with E-state index in [0.717, 1.165) is 12.1 Å². The monoisotopic (exact) mass is 257 g/mol. The lowest BCUT2D eigenvalue weighted by Crippen LogP contribution is -1.99. The van der Waals surface area contributed by atoms with Crippen LogP contribution in [-0.4, -0.2) is 16.1 Å².